The molecule has 0 amide bonds. The van der Waals surface area contributed by atoms with Gasteiger partial charge in [-0.25, -0.2) is 0 Å². The highest BCUT2D eigenvalue weighted by Gasteiger charge is 2.28. The van der Waals surface area contributed by atoms with E-state index in [9.17, 15) is 0 Å². The van der Waals surface area contributed by atoms with E-state index in [1.165, 1.54) is 11.1 Å². The van der Waals surface area contributed by atoms with E-state index in [-0.39, 0.29) is 5.54 Å². The molecule has 2 heterocycles. The van der Waals surface area contributed by atoms with E-state index in [1.807, 2.05) is 0 Å². The molecule has 1 fully saturated rings. The van der Waals surface area contributed by atoms with Crippen LogP contribution >= 0.6 is 0 Å². The van der Waals surface area contributed by atoms with Crippen molar-refractivity contribution >= 4 is 5.96 Å². The van der Waals surface area contributed by atoms with E-state index in [0.717, 1.165) is 78.0 Å². The Labute approximate surface area is 170 Å². The van der Waals surface area contributed by atoms with Gasteiger partial charge in [0, 0.05) is 51.4 Å². The monoisotopic (exact) mass is 387 g/mol. The van der Waals surface area contributed by atoms with Crippen LogP contribution in [0.1, 0.15) is 31.9 Å². The molecule has 0 aliphatic carbocycles. The average Bonchev–Trinajstić information content (AvgIpc) is 2.72. The van der Waals surface area contributed by atoms with Gasteiger partial charge in [0.1, 0.15) is 0 Å². The van der Waals surface area contributed by atoms with Crippen LogP contribution in [0.25, 0.3) is 0 Å². The van der Waals surface area contributed by atoms with Crippen molar-refractivity contribution in [3.05, 3.63) is 35.4 Å². The molecular weight excluding hydrogens is 350 g/mol. The Morgan fingerprint density at radius 3 is 2.61 bits per heavy atom. The Balaban J connectivity index is 1.47. The van der Waals surface area contributed by atoms with Gasteiger partial charge in [0.2, 0.25) is 0 Å². The number of guanidine groups is 1. The minimum Gasteiger partial charge on any atom is -0.379 e. The summed E-state index contributed by atoms with van der Waals surface area (Å²) in [7, 11) is 0. The van der Waals surface area contributed by atoms with Gasteiger partial charge in [0.15, 0.2) is 5.96 Å². The SMILES string of the molecule is CCNC(=NCC(C)(C)N1CCOCC1)NCCN1CCc2ccccc2C1. The number of benzene rings is 1. The van der Waals surface area contributed by atoms with Crippen LogP contribution in [-0.2, 0) is 17.7 Å². The molecule has 1 saturated heterocycles. The van der Waals surface area contributed by atoms with Crippen LogP contribution in [0.15, 0.2) is 29.3 Å². The van der Waals surface area contributed by atoms with Gasteiger partial charge < -0.3 is 15.4 Å². The summed E-state index contributed by atoms with van der Waals surface area (Å²) in [6.07, 6.45) is 1.15. The summed E-state index contributed by atoms with van der Waals surface area (Å²) < 4.78 is 5.48. The molecule has 2 aliphatic rings. The molecule has 3 rings (SSSR count). The van der Waals surface area contributed by atoms with Gasteiger partial charge in [0.05, 0.1) is 19.8 Å². The number of nitrogens with zero attached hydrogens (tertiary/aromatic N) is 3. The van der Waals surface area contributed by atoms with E-state index in [4.69, 9.17) is 9.73 Å². The highest BCUT2D eigenvalue weighted by Crippen LogP contribution is 2.18. The molecule has 0 bridgehead atoms. The second kappa shape index (κ2) is 10.2. The normalized spacial score (nSPS) is 19.3. The second-order valence-corrected chi connectivity index (χ2v) is 8.33. The molecule has 6 heteroatoms. The predicted molar refractivity (Wildman–Crippen MR) is 116 cm³/mol. The standard InChI is InChI=1S/C22H37N5O/c1-4-23-21(25-18-22(2,3)27-13-15-28-16-14-27)24-10-12-26-11-9-19-7-5-6-8-20(19)17-26/h5-8H,4,9-18H2,1-3H3,(H2,23,24,25). The maximum atomic E-state index is 5.48. The van der Waals surface area contributed by atoms with Crippen LogP contribution in [0.2, 0.25) is 0 Å². The van der Waals surface area contributed by atoms with Crippen LogP contribution in [0, 0.1) is 0 Å². The highest BCUT2D eigenvalue weighted by atomic mass is 16.5. The number of morpholine rings is 1. The van der Waals surface area contributed by atoms with Crippen LogP contribution in [0.4, 0.5) is 0 Å². The Bertz CT molecular complexity index is 640. The van der Waals surface area contributed by atoms with Gasteiger partial charge in [-0.2, -0.15) is 0 Å². The van der Waals surface area contributed by atoms with Crippen molar-refractivity contribution in [1.29, 1.82) is 0 Å². The lowest BCUT2D eigenvalue weighted by Crippen LogP contribution is -2.52. The van der Waals surface area contributed by atoms with Gasteiger partial charge in [0.25, 0.3) is 0 Å². The van der Waals surface area contributed by atoms with Crippen molar-refractivity contribution in [3.63, 3.8) is 0 Å². The molecule has 28 heavy (non-hydrogen) atoms. The third kappa shape index (κ3) is 5.93. The smallest absolute Gasteiger partial charge is 0.191 e. The van der Waals surface area contributed by atoms with Crippen LogP contribution in [0.3, 0.4) is 0 Å². The van der Waals surface area contributed by atoms with Crippen molar-refractivity contribution in [1.82, 2.24) is 20.4 Å². The summed E-state index contributed by atoms with van der Waals surface area (Å²) in [5.74, 6) is 0.918. The molecule has 2 aliphatic heterocycles. The van der Waals surface area contributed by atoms with Gasteiger partial charge >= 0.3 is 0 Å². The van der Waals surface area contributed by atoms with Gasteiger partial charge in [-0.3, -0.25) is 14.8 Å². The van der Waals surface area contributed by atoms with Gasteiger partial charge in [-0.15, -0.1) is 0 Å². The molecule has 1 aromatic carbocycles. The first-order chi connectivity index (χ1) is 13.6. The molecule has 6 nitrogen and oxygen atoms in total. The topological polar surface area (TPSA) is 52.1 Å². The highest BCUT2D eigenvalue weighted by molar-refractivity contribution is 5.79. The average molecular weight is 388 g/mol. The first-order valence-electron chi connectivity index (χ1n) is 10.7. The van der Waals surface area contributed by atoms with Gasteiger partial charge in [-0.1, -0.05) is 24.3 Å². The summed E-state index contributed by atoms with van der Waals surface area (Å²) in [5, 5.41) is 6.91. The van der Waals surface area contributed by atoms with E-state index >= 15 is 0 Å². The number of aliphatic imine (C=N–C) groups is 1. The molecule has 0 aromatic heterocycles. The fraction of sp³-hybridized carbons (Fsp3) is 0.682. The number of fused-ring (bicyclic) bond motifs is 1. The number of rotatable bonds is 7. The fourth-order valence-electron chi connectivity index (χ4n) is 3.96. The molecule has 0 atom stereocenters. The molecular formula is C22H37N5O. The minimum absolute atomic E-state index is 0.0444. The maximum absolute atomic E-state index is 5.48. The van der Waals surface area contributed by atoms with Crippen LogP contribution < -0.4 is 10.6 Å². The quantitative estimate of drug-likeness (QED) is 0.551. The summed E-state index contributed by atoms with van der Waals surface area (Å²) in [6, 6.07) is 8.81. The van der Waals surface area contributed by atoms with Crippen molar-refractivity contribution < 1.29 is 4.74 Å². The minimum atomic E-state index is 0.0444. The Kier molecular flexibility index (Phi) is 7.71. The molecule has 0 spiro atoms. The summed E-state index contributed by atoms with van der Waals surface area (Å²) >= 11 is 0. The zero-order valence-corrected chi connectivity index (χ0v) is 17.8. The molecule has 2 N–H and O–H groups in total. The van der Waals surface area contributed by atoms with E-state index < -0.39 is 0 Å². The number of nitrogens with one attached hydrogen (secondary N) is 2. The Morgan fingerprint density at radius 1 is 1.11 bits per heavy atom. The zero-order chi connectivity index (χ0) is 19.8. The van der Waals surface area contributed by atoms with Gasteiger partial charge in [-0.05, 0) is 38.3 Å². The van der Waals surface area contributed by atoms with Crippen molar-refractivity contribution in [2.45, 2.75) is 39.3 Å². The third-order valence-corrected chi connectivity index (χ3v) is 5.77. The van der Waals surface area contributed by atoms with Crippen molar-refractivity contribution in [3.8, 4) is 0 Å². The number of ether oxygens (including phenoxy) is 1. The zero-order valence-electron chi connectivity index (χ0n) is 17.8. The maximum Gasteiger partial charge on any atom is 0.191 e. The van der Waals surface area contributed by atoms with Crippen molar-refractivity contribution in [2.24, 2.45) is 4.99 Å². The summed E-state index contributed by atoms with van der Waals surface area (Å²) in [4.78, 5) is 9.88. The molecule has 156 valence electrons. The molecule has 1 aromatic rings. The fourth-order valence-corrected chi connectivity index (χ4v) is 3.96. The lowest BCUT2D eigenvalue weighted by atomic mass is 10.00. The number of hydrogen-bond acceptors (Lipinski definition) is 4. The van der Waals surface area contributed by atoms with Crippen LogP contribution in [0.5, 0.6) is 0 Å². The lowest BCUT2D eigenvalue weighted by molar-refractivity contribution is -0.00683. The largest absolute Gasteiger partial charge is 0.379 e. The molecule has 0 radical (unpaired) electrons. The first kappa shape index (κ1) is 21.1. The van der Waals surface area contributed by atoms with E-state index in [0.29, 0.717) is 0 Å². The first-order valence-corrected chi connectivity index (χ1v) is 10.7. The second-order valence-electron chi connectivity index (χ2n) is 8.33. The Hall–Kier alpha value is -1.63. The molecule has 0 unspecified atom stereocenters. The van der Waals surface area contributed by atoms with E-state index in [1.54, 1.807) is 0 Å². The summed E-state index contributed by atoms with van der Waals surface area (Å²) in [5.41, 5.74) is 3.02. The van der Waals surface area contributed by atoms with Crippen LogP contribution in [-0.4, -0.2) is 80.3 Å². The Morgan fingerprint density at radius 2 is 1.86 bits per heavy atom. The lowest BCUT2D eigenvalue weighted by Gasteiger charge is -2.40. The third-order valence-electron chi connectivity index (χ3n) is 5.77. The predicted octanol–water partition coefficient (Wildman–Crippen LogP) is 1.71. The molecule has 0 saturated carbocycles. The van der Waals surface area contributed by atoms with E-state index in [2.05, 4.69) is 65.5 Å². The van der Waals surface area contributed by atoms with Crippen molar-refractivity contribution in [2.75, 3.05) is 59.0 Å². The number of hydrogen-bond donors (Lipinski definition) is 2. The summed E-state index contributed by atoms with van der Waals surface area (Å²) in [6.45, 7) is 16.1.